The highest BCUT2D eigenvalue weighted by Gasteiger charge is 2.57. The number of aryl methyl sites for hydroxylation is 2. The summed E-state index contributed by atoms with van der Waals surface area (Å²) in [5.74, 6) is 11.5. The van der Waals surface area contributed by atoms with Crippen LogP contribution in [0.1, 0.15) is 155 Å². The van der Waals surface area contributed by atoms with E-state index >= 15 is 0 Å². The van der Waals surface area contributed by atoms with Crippen LogP contribution < -0.4 is 45.9 Å². The Morgan fingerprint density at radius 3 is 1.61 bits per heavy atom. The Bertz CT molecular complexity index is 6190. The molecule has 0 aliphatic carbocycles. The highest BCUT2D eigenvalue weighted by molar-refractivity contribution is 6.18. The van der Waals surface area contributed by atoms with Gasteiger partial charge in [0.05, 0.1) is 30.7 Å². The maximum absolute atomic E-state index is 13.3. The normalized spacial score (nSPS) is 18.1. The first-order valence-electron chi connectivity index (χ1n) is 47.4. The van der Waals surface area contributed by atoms with Crippen molar-refractivity contribution in [1.29, 1.82) is 0 Å². The predicted molar refractivity (Wildman–Crippen MR) is 533 cm³/mol. The van der Waals surface area contributed by atoms with E-state index in [9.17, 15) is 57.8 Å². The molecule has 10 aromatic rings. The van der Waals surface area contributed by atoms with Crippen LogP contribution in [0.3, 0.4) is 0 Å². The van der Waals surface area contributed by atoms with E-state index in [1.54, 1.807) is 125 Å². The molecule has 9 amide bonds. The number of nitrogens with one attached hydrogen (secondary N) is 5. The number of piperidine rings is 2. The van der Waals surface area contributed by atoms with Gasteiger partial charge in [0.15, 0.2) is 0 Å². The molecule has 4 unspecified atom stereocenters. The summed E-state index contributed by atoms with van der Waals surface area (Å²) in [5, 5.41) is 36.2. The van der Waals surface area contributed by atoms with Crippen LogP contribution in [0.15, 0.2) is 207 Å². The molecular weight excluding hydrogens is 1800 g/mol. The summed E-state index contributed by atoms with van der Waals surface area (Å²) in [6, 6.07) is 52.5. The van der Waals surface area contributed by atoms with Crippen LogP contribution in [0.25, 0.3) is 22.5 Å². The van der Waals surface area contributed by atoms with Crippen molar-refractivity contribution in [1.82, 2.24) is 60.1 Å². The van der Waals surface area contributed by atoms with Gasteiger partial charge in [-0.2, -0.15) is 4.90 Å². The lowest BCUT2D eigenvalue weighted by atomic mass is 9.78. The average Bonchev–Trinajstić information content (AvgIpc) is 1.61. The Labute approximate surface area is 821 Å². The number of hydrogen-bond donors (Lipinski definition) is 7. The first-order valence-corrected chi connectivity index (χ1v) is 47.2. The molecule has 0 saturated carbocycles. The summed E-state index contributed by atoms with van der Waals surface area (Å²) >= 11 is 5.65. The van der Waals surface area contributed by atoms with Gasteiger partial charge in [-0.25, -0.2) is 24.7 Å². The molecule has 6 aromatic carbocycles. The molecule has 0 bridgehead atoms. The van der Waals surface area contributed by atoms with Crippen molar-refractivity contribution < 1.29 is 73.3 Å². The fourth-order valence-corrected chi connectivity index (χ4v) is 17.3. The van der Waals surface area contributed by atoms with Crippen LogP contribution in [0.5, 0.6) is 11.5 Å². The number of aliphatic hydroxyl groups is 2. The maximum Gasteiger partial charge on any atom is 0.424 e. The molecule has 4 atom stereocenters. The van der Waals surface area contributed by atoms with Gasteiger partial charge in [0.2, 0.25) is 41.4 Å². The van der Waals surface area contributed by atoms with E-state index < -0.39 is 52.7 Å². The number of pyridine rings is 2. The number of amides is 9. The van der Waals surface area contributed by atoms with Gasteiger partial charge in [0, 0.05) is 204 Å². The second kappa shape index (κ2) is 48.0. The number of carbonyl (C=O) groups is 9. The fraction of sp³-hybridized carbons (Fsp3) is 0.374. The lowest BCUT2D eigenvalue weighted by molar-refractivity contribution is -0.155. The second-order valence-electron chi connectivity index (χ2n) is 36.9. The summed E-state index contributed by atoms with van der Waals surface area (Å²) in [7, 11) is -1.00. The fourth-order valence-electron chi connectivity index (χ4n) is 17.2. The minimum atomic E-state index is -1.17. The van der Waals surface area contributed by atoms with E-state index in [-0.39, 0.29) is 93.9 Å². The van der Waals surface area contributed by atoms with Crippen LogP contribution in [-0.2, 0) is 53.0 Å². The number of carbonyl (C=O) groups excluding carboxylic acids is 9. The summed E-state index contributed by atoms with van der Waals surface area (Å²) in [6.07, 6.45) is 13.3. The summed E-state index contributed by atoms with van der Waals surface area (Å²) < 4.78 is 32.1. The number of aromatic nitrogens is 6. The molecule has 0 radical (unpaired) electrons. The second-order valence-corrected chi connectivity index (χ2v) is 37.3. The van der Waals surface area contributed by atoms with Crippen molar-refractivity contribution in [2.75, 3.05) is 124 Å². The third kappa shape index (κ3) is 28.8. The number of rotatable bonds is 27. The van der Waals surface area contributed by atoms with E-state index in [2.05, 4.69) is 89.9 Å². The first-order chi connectivity index (χ1) is 67.7. The Morgan fingerprint density at radius 1 is 0.579 bits per heavy atom. The van der Waals surface area contributed by atoms with E-state index in [0.717, 1.165) is 140 Å². The van der Waals surface area contributed by atoms with E-state index in [4.69, 9.17) is 32.2 Å². The van der Waals surface area contributed by atoms with Crippen molar-refractivity contribution in [2.45, 2.75) is 149 Å². The number of nitrogens with zero attached hydrogens (tertiary/aromatic N) is 12. The van der Waals surface area contributed by atoms with Crippen LogP contribution in [0.4, 0.5) is 43.6 Å². The smallest absolute Gasteiger partial charge is 0.424 e. The van der Waals surface area contributed by atoms with Crippen molar-refractivity contribution >= 4 is 99.3 Å². The average molecular weight is 1920 g/mol. The van der Waals surface area contributed by atoms with Crippen LogP contribution in [-0.4, -0.2) is 228 Å². The van der Waals surface area contributed by atoms with Crippen molar-refractivity contribution in [3.8, 4) is 57.7 Å². The van der Waals surface area contributed by atoms with Crippen molar-refractivity contribution in [3.05, 3.63) is 252 Å². The molecule has 6 saturated heterocycles. The standard InChI is InChI=1S/C50H53N9O6.C29H30N6O.C27H33ClN2O7.CH3F/c1-35-30-39(11-16-42(35)54-48-52-23-18-43(55-48)38-6-3-22-51-32-38)53-46(62)37-9-7-36(8-10-37)33-58-27-25-57(26-28-58)24-4-19-49(2,64)20-5-29-65-41-14-12-40(13-15-41)59-34-50(31-45(59)61)21-17-44(60)56-47(50)63;1-21-17-26(33-29(36)23-6-4-22(5-7-23)20-35-15-13-30-14-16-35)9-8-24(21)18-28-32-12-10-27(34-28)25-3-2-11-31-19-25;1-25(2,3)37-24(34)30-21(31)11-14-27(23(30)33)17-22(32)29(18-27)19-7-9-20(10-8-19)36-16-6-13-26(4,35)12-5-15-28;1-2/h3,6-16,18,22-23,30,32,64H,4,17,19,21,24-29,31,33-34H2,1-2H3,(H,53,62)(H,52,54,55)(H,56,60,63);2-12,17,19,30H,13-16,18,20H2,1H3,(H,33,36);7-10,35H,5,11-12,14-18H2,1-4H3;1H3/i;;;1D. The number of alkyl halides is 2. The highest BCUT2D eigenvalue weighted by Crippen LogP contribution is 2.45. The number of imide groups is 4. The Hall–Kier alpha value is -14.1. The van der Waals surface area contributed by atoms with Gasteiger partial charge in [0.1, 0.15) is 47.3 Å². The van der Waals surface area contributed by atoms with E-state index in [0.29, 0.717) is 88.5 Å². The molecule has 31 nitrogen and oxygen atoms in total. The molecule has 10 heterocycles. The monoisotopic (exact) mass is 1920 g/mol. The largest absolute Gasteiger partial charge is 0.481 e. The first kappa shape index (κ1) is 102. The SMILES string of the molecule is CC(O)(C#CCOc1ccc(N2CC3(CCC(=O)N(C(=O)OC(C)(C)C)C3=O)CC2=O)cc1)CCCCl.Cc1cc(NC(=O)c2ccc(CN3CCN(CCCC(C)(O)C#CCOc4ccc(N5CC6(CCC(=O)NC6=O)CC5=O)cc4)CC3)cc2)ccc1Nc1nccc(-c2cccnc2)n1.Cc1cc(NC(=O)c2ccc(CN3CCNCC3)cc2)ccc1Cc1nccc(-c2cccnc2)n1.[2H]CF. The number of benzene rings is 6. The Morgan fingerprint density at radius 2 is 1.09 bits per heavy atom. The molecule has 6 fully saturated rings. The van der Waals surface area contributed by atoms with Gasteiger partial charge in [-0.3, -0.25) is 67.8 Å². The van der Waals surface area contributed by atoms with Crippen LogP contribution in [0, 0.1) is 48.4 Å². The zero-order valence-corrected chi connectivity index (χ0v) is 80.6. The molecule has 730 valence electrons. The van der Waals surface area contributed by atoms with Gasteiger partial charge in [-0.1, -0.05) is 54.0 Å². The molecule has 4 aromatic heterocycles. The summed E-state index contributed by atoms with van der Waals surface area (Å²) in [4.78, 5) is 152. The number of ether oxygens (including phenoxy) is 3. The number of hydrogen-bond acceptors (Lipinski definition) is 25. The summed E-state index contributed by atoms with van der Waals surface area (Å²) in [5.41, 5.74) is 8.57. The van der Waals surface area contributed by atoms with Crippen molar-refractivity contribution in [3.63, 3.8) is 0 Å². The third-order valence-electron chi connectivity index (χ3n) is 24.8. The highest BCUT2D eigenvalue weighted by atomic mass is 35.5. The molecule has 16 rings (SSSR count). The molecule has 6 aliphatic heterocycles. The molecular formula is C107H119ClFN17O14. The minimum Gasteiger partial charge on any atom is -0.481 e. The topological polar surface area (TPSA) is 379 Å². The Balaban J connectivity index is 0.000000188. The lowest BCUT2D eigenvalue weighted by Gasteiger charge is -2.36. The third-order valence-corrected chi connectivity index (χ3v) is 25.1. The number of likely N-dealkylation sites (tertiary alicyclic amines) is 1. The zero-order chi connectivity index (χ0) is 100. The van der Waals surface area contributed by atoms with Gasteiger partial charge >= 0.3 is 6.09 Å². The number of halogens is 2. The molecule has 7 N–H and O–H groups in total. The number of piperazine rings is 2. The number of anilines is 6. The molecule has 6 aliphatic rings. The quantitative estimate of drug-likeness (QED) is 0.0143. The van der Waals surface area contributed by atoms with Crippen LogP contribution >= 0.6 is 11.6 Å². The predicted octanol–water partition coefficient (Wildman–Crippen LogP) is 14.1. The molecule has 140 heavy (non-hydrogen) atoms. The van der Waals surface area contributed by atoms with Gasteiger partial charge in [-0.05, 0) is 261 Å². The molecule has 2 spiro atoms. The van der Waals surface area contributed by atoms with E-state index in [1.807, 2.05) is 135 Å². The van der Waals surface area contributed by atoms with E-state index in [1.165, 1.54) is 10.5 Å². The zero-order valence-electron chi connectivity index (χ0n) is 80.8. The lowest BCUT2D eigenvalue weighted by Crippen LogP contribution is -2.55. The van der Waals surface area contributed by atoms with Gasteiger partial charge in [-0.15, -0.1) is 11.6 Å². The van der Waals surface area contributed by atoms with Crippen LogP contribution in [0.2, 0.25) is 0 Å². The Kier molecular flexibility index (Phi) is 34.9. The van der Waals surface area contributed by atoms with Gasteiger partial charge in [0.25, 0.3) is 11.8 Å². The van der Waals surface area contributed by atoms with Gasteiger partial charge < -0.3 is 60.4 Å². The van der Waals surface area contributed by atoms with Crippen molar-refractivity contribution in [2.24, 2.45) is 10.8 Å². The summed E-state index contributed by atoms with van der Waals surface area (Å²) in [6.45, 7) is 23.3. The maximum atomic E-state index is 13.3. The minimum absolute atomic E-state index is 0.0291. The molecule has 33 heteroatoms.